The molecule has 1 aliphatic carbocycles. The van der Waals surface area contributed by atoms with Crippen LogP contribution < -0.4 is 5.73 Å². The van der Waals surface area contributed by atoms with E-state index in [0.29, 0.717) is 17.6 Å². The average molecular weight is 277 g/mol. The van der Waals surface area contributed by atoms with Crippen molar-refractivity contribution in [1.82, 2.24) is 0 Å². The van der Waals surface area contributed by atoms with Crippen molar-refractivity contribution in [3.8, 4) is 0 Å². The highest BCUT2D eigenvalue weighted by atomic mass is 79.9. The highest BCUT2D eigenvalue weighted by molar-refractivity contribution is 9.18. The summed E-state index contributed by atoms with van der Waals surface area (Å²) in [5, 5.41) is 3.80. The lowest BCUT2D eigenvalue weighted by Crippen LogP contribution is -2.54. The fourth-order valence-electron chi connectivity index (χ4n) is 2.18. The van der Waals surface area contributed by atoms with Gasteiger partial charge in [-0.05, 0) is 35.7 Å². The first-order valence-corrected chi connectivity index (χ1v) is 5.74. The van der Waals surface area contributed by atoms with Crippen molar-refractivity contribution < 1.29 is 14.4 Å². The summed E-state index contributed by atoms with van der Waals surface area (Å²) in [7, 11) is 0. The highest BCUT2D eigenvalue weighted by Crippen LogP contribution is 2.42. The van der Waals surface area contributed by atoms with Crippen LogP contribution in [-0.2, 0) is 14.4 Å². The van der Waals surface area contributed by atoms with Crippen molar-refractivity contribution in [2.24, 2.45) is 16.8 Å². The number of hydrogen-bond acceptors (Lipinski definition) is 5. The molecule has 1 saturated carbocycles. The van der Waals surface area contributed by atoms with Gasteiger partial charge in [0.25, 0.3) is 0 Å². The van der Waals surface area contributed by atoms with Crippen molar-refractivity contribution in [3.63, 3.8) is 0 Å². The van der Waals surface area contributed by atoms with Crippen LogP contribution in [0.1, 0.15) is 19.8 Å². The Balaban J connectivity index is 2.21. The Labute approximate surface area is 96.1 Å². The van der Waals surface area contributed by atoms with Gasteiger partial charge in [-0.3, -0.25) is 4.79 Å². The Morgan fingerprint density at radius 1 is 1.87 bits per heavy atom. The molecular formula is C9H13BrN2O3. The van der Waals surface area contributed by atoms with Gasteiger partial charge in [-0.2, -0.15) is 0 Å². The largest absolute Gasteiger partial charge is 0.465 e. The average Bonchev–Trinajstić information content (AvgIpc) is 2.72. The molecule has 2 rings (SSSR count). The summed E-state index contributed by atoms with van der Waals surface area (Å²) < 4.78 is 5.60. The smallest absolute Gasteiger partial charge is 0.326 e. The SMILES string of the molecule is CCOC(=O)[C@@]1(N)CC[C@@H]2ON=C(Br)[C@@H]21. The number of hydrogen-bond donors (Lipinski definition) is 1. The Kier molecular flexibility index (Phi) is 2.72. The van der Waals surface area contributed by atoms with Crippen LogP contribution >= 0.6 is 15.9 Å². The minimum Gasteiger partial charge on any atom is -0.465 e. The van der Waals surface area contributed by atoms with Crippen LogP contribution in [0.3, 0.4) is 0 Å². The van der Waals surface area contributed by atoms with Crippen LogP contribution in [-0.4, -0.2) is 28.8 Å². The number of fused-ring (bicyclic) bond motifs is 1. The minimum atomic E-state index is -0.987. The summed E-state index contributed by atoms with van der Waals surface area (Å²) in [5.41, 5.74) is 5.11. The van der Waals surface area contributed by atoms with E-state index in [0.717, 1.165) is 6.42 Å². The van der Waals surface area contributed by atoms with E-state index in [4.69, 9.17) is 15.3 Å². The Morgan fingerprint density at radius 2 is 2.60 bits per heavy atom. The number of nitrogens with two attached hydrogens (primary N) is 1. The molecular weight excluding hydrogens is 264 g/mol. The van der Waals surface area contributed by atoms with E-state index in [-0.39, 0.29) is 18.0 Å². The van der Waals surface area contributed by atoms with Crippen LogP contribution in [0, 0.1) is 5.92 Å². The number of rotatable bonds is 2. The lowest BCUT2D eigenvalue weighted by atomic mass is 9.88. The van der Waals surface area contributed by atoms with Gasteiger partial charge in [0.15, 0.2) is 0 Å². The van der Waals surface area contributed by atoms with Gasteiger partial charge in [0.05, 0.1) is 12.5 Å². The molecule has 0 aromatic carbocycles. The number of carbonyl (C=O) groups excluding carboxylic acids is 1. The molecule has 0 saturated heterocycles. The van der Waals surface area contributed by atoms with Gasteiger partial charge in [-0.25, -0.2) is 0 Å². The monoisotopic (exact) mass is 276 g/mol. The van der Waals surface area contributed by atoms with E-state index in [2.05, 4.69) is 21.1 Å². The second-order valence-corrected chi connectivity index (χ2v) is 4.65. The second kappa shape index (κ2) is 3.75. The minimum absolute atomic E-state index is 0.0891. The molecule has 1 aliphatic heterocycles. The van der Waals surface area contributed by atoms with Crippen LogP contribution in [0.15, 0.2) is 5.16 Å². The summed E-state index contributed by atoms with van der Waals surface area (Å²) in [6, 6.07) is 0. The number of halogens is 1. The maximum atomic E-state index is 11.8. The summed E-state index contributed by atoms with van der Waals surface area (Å²) in [6.45, 7) is 2.10. The normalized spacial score (nSPS) is 38.2. The maximum Gasteiger partial charge on any atom is 0.326 e. The third-order valence-corrected chi connectivity index (χ3v) is 3.59. The molecule has 15 heavy (non-hydrogen) atoms. The van der Waals surface area contributed by atoms with Gasteiger partial charge >= 0.3 is 5.97 Å². The molecule has 3 atom stereocenters. The zero-order valence-electron chi connectivity index (χ0n) is 8.40. The van der Waals surface area contributed by atoms with Gasteiger partial charge in [0.1, 0.15) is 16.3 Å². The molecule has 1 fully saturated rings. The first kappa shape index (κ1) is 10.9. The van der Waals surface area contributed by atoms with Gasteiger partial charge in [-0.15, -0.1) is 0 Å². The molecule has 0 spiro atoms. The van der Waals surface area contributed by atoms with E-state index >= 15 is 0 Å². The Hall–Kier alpha value is -0.620. The Bertz CT molecular complexity index is 320. The highest BCUT2D eigenvalue weighted by Gasteiger charge is 2.57. The number of nitrogens with zero attached hydrogens (tertiary/aromatic N) is 1. The zero-order chi connectivity index (χ0) is 11.1. The molecule has 0 amide bonds. The lowest BCUT2D eigenvalue weighted by Gasteiger charge is -2.26. The number of carbonyl (C=O) groups is 1. The van der Waals surface area contributed by atoms with Crippen molar-refractivity contribution in [2.45, 2.75) is 31.4 Å². The molecule has 0 radical (unpaired) electrons. The van der Waals surface area contributed by atoms with Crippen molar-refractivity contribution >= 4 is 26.5 Å². The first-order valence-electron chi connectivity index (χ1n) is 4.95. The van der Waals surface area contributed by atoms with Crippen LogP contribution in [0.4, 0.5) is 0 Å². The van der Waals surface area contributed by atoms with Crippen LogP contribution in [0.2, 0.25) is 0 Å². The van der Waals surface area contributed by atoms with Crippen LogP contribution in [0.25, 0.3) is 0 Å². The standard InChI is InChI=1S/C9H13BrN2O3/c1-2-14-8(13)9(11)4-3-5-6(9)7(10)12-15-5/h5-6H,2-4,11H2,1H3/t5-,6+,9+/m0/s1. The fraction of sp³-hybridized carbons (Fsp3) is 0.778. The molecule has 84 valence electrons. The predicted octanol–water partition coefficient (Wildman–Crippen LogP) is 0.764. The fourth-order valence-corrected chi connectivity index (χ4v) is 2.97. The molecule has 2 aliphatic rings. The molecule has 1 heterocycles. The third-order valence-electron chi connectivity index (χ3n) is 2.96. The second-order valence-electron chi connectivity index (χ2n) is 3.84. The van der Waals surface area contributed by atoms with Crippen molar-refractivity contribution in [1.29, 1.82) is 0 Å². The lowest BCUT2D eigenvalue weighted by molar-refractivity contribution is -0.150. The molecule has 0 bridgehead atoms. The molecule has 0 aromatic heterocycles. The number of esters is 1. The summed E-state index contributed by atoms with van der Waals surface area (Å²) >= 11 is 3.28. The van der Waals surface area contributed by atoms with Gasteiger partial charge in [0.2, 0.25) is 0 Å². The molecule has 0 unspecified atom stereocenters. The zero-order valence-corrected chi connectivity index (χ0v) is 9.99. The quantitative estimate of drug-likeness (QED) is 0.756. The Morgan fingerprint density at radius 3 is 3.27 bits per heavy atom. The third kappa shape index (κ3) is 1.56. The summed E-state index contributed by atoms with van der Waals surface area (Å²) in [5.74, 6) is -0.563. The van der Waals surface area contributed by atoms with Gasteiger partial charge in [-0.1, -0.05) is 5.16 Å². The predicted molar refractivity (Wildman–Crippen MR) is 57.5 cm³/mol. The van der Waals surface area contributed by atoms with Crippen molar-refractivity contribution in [3.05, 3.63) is 0 Å². The number of oxime groups is 1. The number of ether oxygens (including phenoxy) is 1. The first-order chi connectivity index (χ1) is 7.09. The molecule has 6 heteroatoms. The van der Waals surface area contributed by atoms with E-state index in [1.165, 1.54) is 0 Å². The molecule has 0 aromatic rings. The molecule has 2 N–H and O–H groups in total. The molecule has 5 nitrogen and oxygen atoms in total. The summed E-state index contributed by atoms with van der Waals surface area (Å²) in [6.07, 6.45) is 1.22. The van der Waals surface area contributed by atoms with E-state index in [9.17, 15) is 4.79 Å². The van der Waals surface area contributed by atoms with E-state index in [1.54, 1.807) is 6.92 Å². The maximum absolute atomic E-state index is 11.8. The van der Waals surface area contributed by atoms with Crippen molar-refractivity contribution in [2.75, 3.05) is 6.61 Å². The van der Waals surface area contributed by atoms with Crippen LogP contribution in [0.5, 0.6) is 0 Å². The van der Waals surface area contributed by atoms with E-state index in [1.807, 2.05) is 0 Å². The summed E-state index contributed by atoms with van der Waals surface area (Å²) in [4.78, 5) is 16.9. The van der Waals surface area contributed by atoms with Gasteiger partial charge in [0, 0.05) is 0 Å². The van der Waals surface area contributed by atoms with Gasteiger partial charge < -0.3 is 15.3 Å². The topological polar surface area (TPSA) is 73.9 Å². The van der Waals surface area contributed by atoms with E-state index < -0.39 is 5.54 Å².